The van der Waals surface area contributed by atoms with Gasteiger partial charge in [-0.05, 0) is 23.3 Å². The number of imide groups is 1. The van der Waals surface area contributed by atoms with Crippen molar-refractivity contribution in [2.24, 2.45) is 0 Å². The molecular weight excluding hydrogens is 220 g/mol. The third kappa shape index (κ3) is 1.73. The molecule has 17 heavy (non-hydrogen) atoms. The fourth-order valence-electron chi connectivity index (χ4n) is 2.20. The molecule has 1 fully saturated rings. The highest BCUT2D eigenvalue weighted by Crippen LogP contribution is 2.24. The van der Waals surface area contributed by atoms with Crippen LogP contribution in [-0.2, 0) is 27.4 Å². The predicted octanol–water partition coefficient (Wildman–Crippen LogP) is 0.180. The molecule has 0 radical (unpaired) electrons. The van der Waals surface area contributed by atoms with Crippen molar-refractivity contribution in [3.05, 3.63) is 29.3 Å². The largest absolute Gasteiger partial charge is 0.362 e. The van der Waals surface area contributed by atoms with Gasteiger partial charge in [-0.2, -0.15) is 0 Å². The van der Waals surface area contributed by atoms with Crippen LogP contribution in [0.1, 0.15) is 11.1 Å². The second-order valence-electron chi connectivity index (χ2n) is 4.17. The van der Waals surface area contributed by atoms with Crippen LogP contribution in [0.3, 0.4) is 0 Å². The maximum absolute atomic E-state index is 11.7. The summed E-state index contributed by atoms with van der Waals surface area (Å²) in [6, 6.07) is 5.67. The molecule has 1 aromatic rings. The van der Waals surface area contributed by atoms with Crippen LogP contribution in [0.5, 0.6) is 0 Å². The average molecular weight is 232 g/mol. The molecule has 2 heterocycles. The van der Waals surface area contributed by atoms with E-state index in [4.69, 9.17) is 4.74 Å². The zero-order chi connectivity index (χ0) is 11.8. The van der Waals surface area contributed by atoms with E-state index in [1.807, 2.05) is 18.2 Å². The van der Waals surface area contributed by atoms with Crippen molar-refractivity contribution < 1.29 is 14.3 Å². The highest BCUT2D eigenvalue weighted by molar-refractivity contribution is 6.17. The molecule has 2 amide bonds. The SMILES string of the molecule is O=C1COCC(=O)N1c1ccc2c(c1)CNC2. The van der Waals surface area contributed by atoms with Gasteiger partial charge in [0.25, 0.3) is 11.8 Å². The van der Waals surface area contributed by atoms with Crippen LogP contribution < -0.4 is 10.2 Å². The second-order valence-corrected chi connectivity index (χ2v) is 4.17. The van der Waals surface area contributed by atoms with E-state index in [0.717, 1.165) is 18.7 Å². The molecule has 0 unspecified atom stereocenters. The number of morpholine rings is 1. The van der Waals surface area contributed by atoms with E-state index < -0.39 is 0 Å². The maximum atomic E-state index is 11.7. The van der Waals surface area contributed by atoms with E-state index in [-0.39, 0.29) is 25.0 Å². The number of carbonyl (C=O) groups excluding carboxylic acids is 2. The highest BCUT2D eigenvalue weighted by Gasteiger charge is 2.28. The van der Waals surface area contributed by atoms with Crippen molar-refractivity contribution in [3.8, 4) is 0 Å². The number of rotatable bonds is 1. The fraction of sp³-hybridized carbons (Fsp3) is 0.333. The summed E-state index contributed by atoms with van der Waals surface area (Å²) >= 11 is 0. The number of nitrogens with one attached hydrogen (secondary N) is 1. The number of hydrogen-bond donors (Lipinski definition) is 1. The van der Waals surface area contributed by atoms with Crippen LogP contribution in [0.15, 0.2) is 18.2 Å². The standard InChI is InChI=1S/C12H12N2O3/c15-11-6-17-7-12(16)14(11)10-2-1-8-4-13-5-9(8)3-10/h1-3,13H,4-7H2. The van der Waals surface area contributed by atoms with Gasteiger partial charge in [0, 0.05) is 13.1 Å². The molecule has 2 aliphatic heterocycles. The summed E-state index contributed by atoms with van der Waals surface area (Å²) in [6.07, 6.45) is 0. The van der Waals surface area contributed by atoms with Crippen LogP contribution in [0, 0.1) is 0 Å². The number of hydrogen-bond acceptors (Lipinski definition) is 4. The topological polar surface area (TPSA) is 58.6 Å². The lowest BCUT2D eigenvalue weighted by Crippen LogP contribution is -2.46. The van der Waals surface area contributed by atoms with Gasteiger partial charge in [-0.15, -0.1) is 0 Å². The molecule has 3 rings (SSSR count). The van der Waals surface area contributed by atoms with Crippen molar-refractivity contribution in [1.29, 1.82) is 0 Å². The lowest BCUT2D eigenvalue weighted by Gasteiger charge is -2.25. The first-order valence-electron chi connectivity index (χ1n) is 5.52. The van der Waals surface area contributed by atoms with Crippen molar-refractivity contribution in [2.45, 2.75) is 13.1 Å². The van der Waals surface area contributed by atoms with Crippen molar-refractivity contribution in [1.82, 2.24) is 5.32 Å². The zero-order valence-electron chi connectivity index (χ0n) is 9.23. The van der Waals surface area contributed by atoms with Gasteiger partial charge in [0.15, 0.2) is 0 Å². The molecule has 0 bridgehead atoms. The van der Waals surface area contributed by atoms with Crippen LogP contribution in [0.25, 0.3) is 0 Å². The summed E-state index contributed by atoms with van der Waals surface area (Å²) in [5, 5.41) is 3.23. The summed E-state index contributed by atoms with van der Waals surface area (Å²) in [4.78, 5) is 24.6. The quantitative estimate of drug-likeness (QED) is 0.702. The molecular formula is C12H12N2O3. The van der Waals surface area contributed by atoms with Crippen LogP contribution in [0.2, 0.25) is 0 Å². The van der Waals surface area contributed by atoms with Crippen molar-refractivity contribution in [3.63, 3.8) is 0 Å². The molecule has 1 aromatic carbocycles. The molecule has 2 aliphatic rings. The van der Waals surface area contributed by atoms with Gasteiger partial charge in [0.2, 0.25) is 0 Å². The van der Waals surface area contributed by atoms with Crippen LogP contribution >= 0.6 is 0 Å². The Bertz CT molecular complexity index is 483. The molecule has 1 saturated heterocycles. The minimum atomic E-state index is -0.299. The molecule has 88 valence electrons. The normalized spacial score (nSPS) is 19.6. The Hall–Kier alpha value is -1.72. The number of benzene rings is 1. The van der Waals surface area contributed by atoms with E-state index in [9.17, 15) is 9.59 Å². The molecule has 0 atom stereocenters. The summed E-state index contributed by atoms with van der Waals surface area (Å²) in [5.74, 6) is -0.598. The van der Waals surface area contributed by atoms with E-state index in [1.54, 1.807) is 0 Å². The fourth-order valence-corrected chi connectivity index (χ4v) is 2.20. The average Bonchev–Trinajstić information content (AvgIpc) is 2.76. The van der Waals surface area contributed by atoms with Gasteiger partial charge < -0.3 is 10.1 Å². The second kappa shape index (κ2) is 3.94. The number of amides is 2. The smallest absolute Gasteiger partial charge is 0.259 e. The Labute approximate surface area is 98.4 Å². The van der Waals surface area contributed by atoms with E-state index in [1.165, 1.54) is 10.5 Å². The Morgan fingerprint density at radius 3 is 2.53 bits per heavy atom. The van der Waals surface area contributed by atoms with Gasteiger partial charge in [-0.3, -0.25) is 9.59 Å². The third-order valence-corrected chi connectivity index (χ3v) is 3.03. The summed E-state index contributed by atoms with van der Waals surface area (Å²) in [5.41, 5.74) is 3.02. The number of ether oxygens (including phenoxy) is 1. The van der Waals surface area contributed by atoms with Crippen LogP contribution in [0.4, 0.5) is 5.69 Å². The van der Waals surface area contributed by atoms with Gasteiger partial charge in [-0.1, -0.05) is 6.07 Å². The Balaban J connectivity index is 1.97. The first-order valence-corrected chi connectivity index (χ1v) is 5.52. The van der Waals surface area contributed by atoms with Gasteiger partial charge >= 0.3 is 0 Å². The first-order chi connectivity index (χ1) is 8.25. The summed E-state index contributed by atoms with van der Waals surface area (Å²) in [7, 11) is 0. The molecule has 0 spiro atoms. The lowest BCUT2D eigenvalue weighted by molar-refractivity contribution is -0.138. The van der Waals surface area contributed by atoms with Gasteiger partial charge in [-0.25, -0.2) is 4.90 Å². The Kier molecular flexibility index (Phi) is 2.42. The van der Waals surface area contributed by atoms with Crippen molar-refractivity contribution in [2.75, 3.05) is 18.1 Å². The molecule has 5 nitrogen and oxygen atoms in total. The van der Waals surface area contributed by atoms with Gasteiger partial charge in [0.05, 0.1) is 5.69 Å². The predicted molar refractivity (Wildman–Crippen MR) is 60.3 cm³/mol. The van der Waals surface area contributed by atoms with Gasteiger partial charge in [0.1, 0.15) is 13.2 Å². The number of anilines is 1. The van der Waals surface area contributed by atoms with E-state index in [2.05, 4.69) is 5.32 Å². The minimum absolute atomic E-state index is 0.0267. The third-order valence-electron chi connectivity index (χ3n) is 3.03. The number of nitrogens with zero attached hydrogens (tertiary/aromatic N) is 1. The Morgan fingerprint density at radius 2 is 1.76 bits per heavy atom. The molecule has 1 N–H and O–H groups in total. The summed E-state index contributed by atoms with van der Waals surface area (Å²) < 4.78 is 4.89. The molecule has 0 saturated carbocycles. The monoisotopic (exact) mass is 232 g/mol. The molecule has 0 aliphatic carbocycles. The molecule has 0 aromatic heterocycles. The zero-order valence-corrected chi connectivity index (χ0v) is 9.23. The maximum Gasteiger partial charge on any atom is 0.259 e. The first kappa shape index (κ1) is 10.4. The number of carbonyl (C=O) groups is 2. The minimum Gasteiger partial charge on any atom is -0.362 e. The Morgan fingerprint density at radius 1 is 1.06 bits per heavy atom. The molecule has 5 heteroatoms. The van der Waals surface area contributed by atoms with Crippen molar-refractivity contribution >= 4 is 17.5 Å². The van der Waals surface area contributed by atoms with E-state index in [0.29, 0.717) is 5.69 Å². The lowest BCUT2D eigenvalue weighted by atomic mass is 10.1. The number of fused-ring (bicyclic) bond motifs is 1. The highest BCUT2D eigenvalue weighted by atomic mass is 16.5. The van der Waals surface area contributed by atoms with E-state index >= 15 is 0 Å². The van der Waals surface area contributed by atoms with Crippen LogP contribution in [-0.4, -0.2) is 25.0 Å². The summed E-state index contributed by atoms with van der Waals surface area (Å²) in [6.45, 7) is 1.58.